The molecule has 1 heterocycles. The Kier molecular flexibility index (Phi) is 2.70. The fourth-order valence-electron chi connectivity index (χ4n) is 0.752. The molecule has 1 aromatic rings. The maximum Gasteiger partial charge on any atom is 0.270 e. The Morgan fingerprint density at radius 1 is 1.75 bits per heavy atom. The van der Waals surface area contributed by atoms with Gasteiger partial charge in [0, 0.05) is 7.05 Å². The zero-order chi connectivity index (χ0) is 9.14. The summed E-state index contributed by atoms with van der Waals surface area (Å²) in [5, 5.41) is 3.94. The van der Waals surface area contributed by atoms with Gasteiger partial charge in [-0.3, -0.25) is 4.79 Å². The first-order valence-corrected chi connectivity index (χ1v) is 3.89. The van der Waals surface area contributed by atoms with Crippen molar-refractivity contribution in [2.75, 3.05) is 6.61 Å². The van der Waals surface area contributed by atoms with E-state index in [1.165, 1.54) is 13.1 Å². The molecule has 0 aliphatic heterocycles. The van der Waals surface area contributed by atoms with E-state index in [1.54, 1.807) is 0 Å². The van der Waals surface area contributed by atoms with E-state index in [1.807, 2.05) is 6.92 Å². The van der Waals surface area contributed by atoms with E-state index in [0.29, 0.717) is 12.4 Å². The summed E-state index contributed by atoms with van der Waals surface area (Å²) >= 11 is 5.68. The molecule has 0 aromatic carbocycles. The Morgan fingerprint density at radius 3 is 3.00 bits per heavy atom. The molecule has 0 amide bonds. The molecule has 0 bridgehead atoms. The molecule has 0 unspecified atom stereocenters. The fraction of sp³-hybridized carbons (Fsp3) is 0.429. The molecular formula is C7H9ClN2O2. The Morgan fingerprint density at radius 2 is 2.42 bits per heavy atom. The van der Waals surface area contributed by atoms with Gasteiger partial charge in [-0.05, 0) is 6.92 Å². The van der Waals surface area contributed by atoms with Crippen molar-refractivity contribution >= 4 is 11.6 Å². The van der Waals surface area contributed by atoms with E-state index in [0.717, 1.165) is 4.68 Å². The van der Waals surface area contributed by atoms with E-state index >= 15 is 0 Å². The molecule has 1 aromatic heterocycles. The minimum absolute atomic E-state index is 0.207. The zero-order valence-electron chi connectivity index (χ0n) is 6.87. The van der Waals surface area contributed by atoms with Gasteiger partial charge in [-0.15, -0.1) is 0 Å². The Bertz CT molecular complexity index is 335. The summed E-state index contributed by atoms with van der Waals surface area (Å²) in [6.45, 7) is 2.28. The van der Waals surface area contributed by atoms with Crippen LogP contribution in [0.1, 0.15) is 6.92 Å². The van der Waals surface area contributed by atoms with Crippen LogP contribution in [0.2, 0.25) is 5.15 Å². The normalized spacial score (nSPS) is 9.92. The van der Waals surface area contributed by atoms with Gasteiger partial charge in [-0.1, -0.05) is 11.6 Å². The summed E-state index contributed by atoms with van der Waals surface area (Å²) in [6, 6.07) is 1.32. The highest BCUT2D eigenvalue weighted by atomic mass is 35.5. The number of ether oxygens (including phenoxy) is 1. The average Bonchev–Trinajstić information content (AvgIpc) is 2.01. The molecule has 0 atom stereocenters. The van der Waals surface area contributed by atoms with Crippen LogP contribution in [0.3, 0.4) is 0 Å². The Labute approximate surface area is 74.7 Å². The van der Waals surface area contributed by atoms with Crippen molar-refractivity contribution in [3.8, 4) is 5.75 Å². The van der Waals surface area contributed by atoms with Crippen LogP contribution in [-0.2, 0) is 7.05 Å². The largest absolute Gasteiger partial charge is 0.490 e. The van der Waals surface area contributed by atoms with Crippen LogP contribution in [0.4, 0.5) is 0 Å². The number of nitrogens with zero attached hydrogens (tertiary/aromatic N) is 2. The van der Waals surface area contributed by atoms with Crippen LogP contribution < -0.4 is 10.3 Å². The average molecular weight is 189 g/mol. The summed E-state index contributed by atoms with van der Waals surface area (Å²) in [5.41, 5.74) is -0.233. The van der Waals surface area contributed by atoms with Gasteiger partial charge in [0.2, 0.25) is 0 Å². The third-order valence-corrected chi connectivity index (χ3v) is 1.58. The standard InChI is InChI=1S/C7H9ClN2O2/c1-3-12-5-4-6(11)10(2)9-7(5)8/h4H,3H2,1-2H3. The monoisotopic (exact) mass is 188 g/mol. The maximum absolute atomic E-state index is 11.0. The van der Waals surface area contributed by atoms with Gasteiger partial charge in [-0.25, -0.2) is 4.68 Å². The number of hydrogen-bond donors (Lipinski definition) is 0. The van der Waals surface area contributed by atoms with Crippen LogP contribution in [-0.4, -0.2) is 16.4 Å². The lowest BCUT2D eigenvalue weighted by Crippen LogP contribution is -2.19. The van der Waals surface area contributed by atoms with Gasteiger partial charge in [0.25, 0.3) is 5.56 Å². The SMILES string of the molecule is CCOc1cc(=O)n(C)nc1Cl. The quantitative estimate of drug-likeness (QED) is 0.691. The van der Waals surface area contributed by atoms with Gasteiger partial charge in [0.15, 0.2) is 10.9 Å². The molecule has 0 fully saturated rings. The zero-order valence-corrected chi connectivity index (χ0v) is 7.63. The van der Waals surface area contributed by atoms with Gasteiger partial charge in [-0.2, -0.15) is 5.10 Å². The minimum Gasteiger partial charge on any atom is -0.490 e. The summed E-state index contributed by atoms with van der Waals surface area (Å²) in [5.74, 6) is 0.335. The maximum atomic E-state index is 11.0. The van der Waals surface area contributed by atoms with Gasteiger partial charge < -0.3 is 4.74 Å². The third-order valence-electron chi connectivity index (χ3n) is 1.31. The molecule has 0 N–H and O–H groups in total. The number of rotatable bonds is 2. The molecule has 5 heteroatoms. The number of aromatic nitrogens is 2. The summed E-state index contributed by atoms with van der Waals surface area (Å²) in [6.07, 6.45) is 0. The second-order valence-electron chi connectivity index (χ2n) is 2.19. The van der Waals surface area contributed by atoms with Crippen LogP contribution in [0.5, 0.6) is 5.75 Å². The molecule has 12 heavy (non-hydrogen) atoms. The molecular weight excluding hydrogens is 180 g/mol. The Hall–Kier alpha value is -1.03. The molecule has 66 valence electrons. The van der Waals surface area contributed by atoms with Crippen molar-refractivity contribution in [2.45, 2.75) is 6.92 Å². The fourth-order valence-corrected chi connectivity index (χ4v) is 0.975. The highest BCUT2D eigenvalue weighted by Gasteiger charge is 2.04. The molecule has 0 saturated heterocycles. The lowest BCUT2D eigenvalue weighted by Gasteiger charge is -2.04. The summed E-state index contributed by atoms with van der Waals surface area (Å²) < 4.78 is 6.22. The van der Waals surface area contributed by atoms with Gasteiger partial charge >= 0.3 is 0 Å². The molecule has 0 aliphatic rings. The van der Waals surface area contributed by atoms with E-state index in [-0.39, 0.29) is 10.7 Å². The highest BCUT2D eigenvalue weighted by Crippen LogP contribution is 2.17. The summed E-state index contributed by atoms with van der Waals surface area (Å²) in [7, 11) is 1.53. The Balaban J connectivity index is 3.14. The van der Waals surface area contributed by atoms with E-state index in [2.05, 4.69) is 5.10 Å². The van der Waals surface area contributed by atoms with Gasteiger partial charge in [0.05, 0.1) is 12.7 Å². The minimum atomic E-state index is -0.233. The van der Waals surface area contributed by atoms with Crippen molar-refractivity contribution in [1.29, 1.82) is 0 Å². The molecule has 0 aliphatic carbocycles. The molecule has 1 rings (SSSR count). The van der Waals surface area contributed by atoms with Crippen LogP contribution in [0.15, 0.2) is 10.9 Å². The lowest BCUT2D eigenvalue weighted by atomic mass is 10.5. The van der Waals surface area contributed by atoms with E-state index in [4.69, 9.17) is 16.3 Å². The van der Waals surface area contributed by atoms with E-state index in [9.17, 15) is 4.79 Å². The number of hydrogen-bond acceptors (Lipinski definition) is 3. The first-order chi connectivity index (χ1) is 5.65. The number of halogens is 1. The molecule has 4 nitrogen and oxygen atoms in total. The highest BCUT2D eigenvalue weighted by molar-refractivity contribution is 6.30. The molecule has 0 radical (unpaired) electrons. The predicted molar refractivity (Wildman–Crippen MR) is 45.7 cm³/mol. The second kappa shape index (κ2) is 3.58. The molecule has 0 spiro atoms. The molecule has 0 saturated carbocycles. The van der Waals surface area contributed by atoms with Crippen molar-refractivity contribution in [1.82, 2.24) is 9.78 Å². The smallest absolute Gasteiger partial charge is 0.270 e. The topological polar surface area (TPSA) is 44.1 Å². The lowest BCUT2D eigenvalue weighted by molar-refractivity contribution is 0.336. The van der Waals surface area contributed by atoms with Crippen molar-refractivity contribution in [3.05, 3.63) is 21.6 Å². The number of aryl methyl sites for hydroxylation is 1. The second-order valence-corrected chi connectivity index (χ2v) is 2.55. The van der Waals surface area contributed by atoms with Crippen LogP contribution in [0, 0.1) is 0 Å². The first-order valence-electron chi connectivity index (χ1n) is 3.51. The third kappa shape index (κ3) is 1.76. The van der Waals surface area contributed by atoms with Crippen LogP contribution in [0.25, 0.3) is 0 Å². The predicted octanol–water partition coefficient (Wildman–Crippen LogP) is 0.832. The van der Waals surface area contributed by atoms with Gasteiger partial charge in [0.1, 0.15) is 0 Å². The first kappa shape index (κ1) is 9.06. The van der Waals surface area contributed by atoms with Crippen LogP contribution >= 0.6 is 11.6 Å². The van der Waals surface area contributed by atoms with Crippen molar-refractivity contribution in [2.24, 2.45) is 7.05 Å². The van der Waals surface area contributed by atoms with Crippen molar-refractivity contribution < 1.29 is 4.74 Å². The van der Waals surface area contributed by atoms with Crippen molar-refractivity contribution in [3.63, 3.8) is 0 Å². The summed E-state index contributed by atoms with van der Waals surface area (Å²) in [4.78, 5) is 11.0. The van der Waals surface area contributed by atoms with E-state index < -0.39 is 0 Å².